The van der Waals surface area contributed by atoms with Crippen LogP contribution in [0.25, 0.3) is 0 Å². The summed E-state index contributed by atoms with van der Waals surface area (Å²) in [4.78, 5) is 12.3. The number of rotatable bonds is 5. The van der Waals surface area contributed by atoms with E-state index in [4.69, 9.17) is 32.7 Å². The molecule has 1 atom stereocenters. The minimum atomic E-state index is -0.269. The normalized spacial score (nSPS) is 11.7. The van der Waals surface area contributed by atoms with E-state index in [1.54, 1.807) is 38.5 Å². The van der Waals surface area contributed by atoms with Crippen molar-refractivity contribution in [3.8, 4) is 11.5 Å². The maximum Gasteiger partial charge on any atom is 0.253 e. The summed E-state index contributed by atoms with van der Waals surface area (Å²) in [6.07, 6.45) is 0. The van der Waals surface area contributed by atoms with Gasteiger partial charge in [0.2, 0.25) is 0 Å². The van der Waals surface area contributed by atoms with E-state index >= 15 is 0 Å². The molecule has 0 saturated heterocycles. The topological polar surface area (TPSA) is 47.6 Å². The predicted molar refractivity (Wildman–Crippen MR) is 91.9 cm³/mol. The van der Waals surface area contributed by atoms with Crippen LogP contribution in [-0.2, 0) is 0 Å². The number of hydrogen-bond donors (Lipinski definition) is 1. The molecular formula is C17H17Cl2NO3. The Balaban J connectivity index is 2.18. The molecule has 0 spiro atoms. The Bertz CT molecular complexity index is 719. The van der Waals surface area contributed by atoms with Crippen LogP contribution in [0.15, 0.2) is 36.4 Å². The van der Waals surface area contributed by atoms with Crippen LogP contribution < -0.4 is 14.8 Å². The molecule has 1 unspecified atom stereocenters. The maximum absolute atomic E-state index is 12.3. The van der Waals surface area contributed by atoms with Gasteiger partial charge >= 0.3 is 0 Å². The van der Waals surface area contributed by atoms with Crippen molar-refractivity contribution in [2.45, 2.75) is 13.0 Å². The summed E-state index contributed by atoms with van der Waals surface area (Å²) < 4.78 is 10.5. The number of methoxy groups -OCH3 is 2. The monoisotopic (exact) mass is 353 g/mol. The highest BCUT2D eigenvalue weighted by molar-refractivity contribution is 6.36. The number of halogens is 2. The quantitative estimate of drug-likeness (QED) is 0.860. The molecular weight excluding hydrogens is 337 g/mol. The Kier molecular flexibility index (Phi) is 5.74. The third-order valence-corrected chi connectivity index (χ3v) is 3.98. The number of ether oxygens (including phenoxy) is 2. The van der Waals surface area contributed by atoms with E-state index in [0.29, 0.717) is 27.1 Å². The van der Waals surface area contributed by atoms with Gasteiger partial charge in [0.15, 0.2) is 11.5 Å². The van der Waals surface area contributed by atoms with Crippen molar-refractivity contribution >= 4 is 29.1 Å². The largest absolute Gasteiger partial charge is 0.493 e. The zero-order valence-electron chi connectivity index (χ0n) is 13.0. The fourth-order valence-electron chi connectivity index (χ4n) is 2.15. The molecule has 1 amide bonds. The smallest absolute Gasteiger partial charge is 0.253 e. The number of amides is 1. The number of carbonyl (C=O) groups is 1. The summed E-state index contributed by atoms with van der Waals surface area (Å²) in [6.45, 7) is 1.88. The van der Waals surface area contributed by atoms with E-state index in [0.717, 1.165) is 5.56 Å². The Morgan fingerprint density at radius 2 is 1.74 bits per heavy atom. The standard InChI is InChI=1S/C17H17Cl2NO3/c1-10(11-4-7-15(22-2)16(8-11)23-3)20-17(21)13-6-5-12(18)9-14(13)19/h4-10H,1-3H3,(H,20,21). The molecule has 1 N–H and O–H groups in total. The number of hydrogen-bond acceptors (Lipinski definition) is 3. The van der Waals surface area contributed by atoms with Gasteiger partial charge in [-0.05, 0) is 42.8 Å². The van der Waals surface area contributed by atoms with Crippen molar-refractivity contribution in [3.63, 3.8) is 0 Å². The zero-order chi connectivity index (χ0) is 17.0. The van der Waals surface area contributed by atoms with Crippen molar-refractivity contribution in [2.75, 3.05) is 14.2 Å². The van der Waals surface area contributed by atoms with Crippen LogP contribution in [0.2, 0.25) is 10.0 Å². The van der Waals surface area contributed by atoms with Crippen LogP contribution >= 0.6 is 23.2 Å². The Morgan fingerprint density at radius 3 is 2.35 bits per heavy atom. The predicted octanol–water partition coefficient (Wildman–Crippen LogP) is 4.50. The lowest BCUT2D eigenvalue weighted by molar-refractivity contribution is 0.0940. The van der Waals surface area contributed by atoms with Gasteiger partial charge in [-0.2, -0.15) is 0 Å². The van der Waals surface area contributed by atoms with Crippen molar-refractivity contribution < 1.29 is 14.3 Å². The molecule has 4 nitrogen and oxygen atoms in total. The van der Waals surface area contributed by atoms with Gasteiger partial charge < -0.3 is 14.8 Å². The molecule has 0 aromatic heterocycles. The molecule has 2 aromatic carbocycles. The minimum absolute atomic E-state index is 0.228. The van der Waals surface area contributed by atoms with Crippen molar-refractivity contribution in [1.29, 1.82) is 0 Å². The summed E-state index contributed by atoms with van der Waals surface area (Å²) in [5, 5.41) is 3.70. The molecule has 122 valence electrons. The SMILES string of the molecule is COc1ccc(C(C)NC(=O)c2ccc(Cl)cc2Cl)cc1OC. The third kappa shape index (κ3) is 4.09. The van der Waals surface area contributed by atoms with Gasteiger partial charge in [0.1, 0.15) is 0 Å². The lowest BCUT2D eigenvalue weighted by atomic mass is 10.1. The molecule has 0 heterocycles. The van der Waals surface area contributed by atoms with Crippen LogP contribution in [0.3, 0.4) is 0 Å². The van der Waals surface area contributed by atoms with Crippen molar-refractivity contribution in [2.24, 2.45) is 0 Å². The van der Waals surface area contributed by atoms with E-state index in [-0.39, 0.29) is 11.9 Å². The fourth-order valence-corrected chi connectivity index (χ4v) is 2.65. The van der Waals surface area contributed by atoms with Crippen LogP contribution in [0.4, 0.5) is 0 Å². The Labute approximate surface area is 145 Å². The van der Waals surface area contributed by atoms with Crippen LogP contribution in [-0.4, -0.2) is 20.1 Å². The molecule has 0 saturated carbocycles. The summed E-state index contributed by atoms with van der Waals surface area (Å²) in [6, 6.07) is 10.0. The van der Waals surface area contributed by atoms with Gasteiger partial charge in [-0.3, -0.25) is 4.79 Å². The van der Waals surface area contributed by atoms with Crippen molar-refractivity contribution in [1.82, 2.24) is 5.32 Å². The van der Waals surface area contributed by atoms with E-state index in [1.807, 2.05) is 19.1 Å². The molecule has 0 radical (unpaired) electrons. The van der Waals surface area contributed by atoms with Gasteiger partial charge in [-0.1, -0.05) is 29.3 Å². The minimum Gasteiger partial charge on any atom is -0.493 e. The second-order valence-electron chi connectivity index (χ2n) is 4.93. The summed E-state index contributed by atoms with van der Waals surface area (Å²) in [5.74, 6) is 0.972. The molecule has 2 aromatic rings. The highest BCUT2D eigenvalue weighted by Gasteiger charge is 2.16. The summed E-state index contributed by atoms with van der Waals surface area (Å²) in [7, 11) is 3.14. The second kappa shape index (κ2) is 7.57. The summed E-state index contributed by atoms with van der Waals surface area (Å²) in [5.41, 5.74) is 1.27. The summed E-state index contributed by atoms with van der Waals surface area (Å²) >= 11 is 11.9. The van der Waals surface area contributed by atoms with E-state index in [2.05, 4.69) is 5.32 Å². The second-order valence-corrected chi connectivity index (χ2v) is 5.78. The average molecular weight is 354 g/mol. The number of benzene rings is 2. The van der Waals surface area contributed by atoms with Crippen LogP contribution in [0.1, 0.15) is 28.9 Å². The van der Waals surface area contributed by atoms with E-state index < -0.39 is 0 Å². The first-order valence-corrected chi connectivity index (χ1v) is 7.69. The zero-order valence-corrected chi connectivity index (χ0v) is 14.5. The average Bonchev–Trinajstić information content (AvgIpc) is 2.53. The van der Waals surface area contributed by atoms with Crippen molar-refractivity contribution in [3.05, 3.63) is 57.6 Å². The molecule has 0 aliphatic rings. The van der Waals surface area contributed by atoms with Crippen LogP contribution in [0, 0.1) is 0 Å². The lowest BCUT2D eigenvalue weighted by Crippen LogP contribution is -2.26. The van der Waals surface area contributed by atoms with E-state index in [1.165, 1.54) is 0 Å². The highest BCUT2D eigenvalue weighted by atomic mass is 35.5. The van der Waals surface area contributed by atoms with Gasteiger partial charge in [0.25, 0.3) is 5.91 Å². The highest BCUT2D eigenvalue weighted by Crippen LogP contribution is 2.30. The molecule has 0 aliphatic heterocycles. The number of nitrogens with one attached hydrogen (secondary N) is 1. The van der Waals surface area contributed by atoms with Gasteiger partial charge in [0.05, 0.1) is 30.8 Å². The first-order chi connectivity index (χ1) is 11.0. The Hall–Kier alpha value is -1.91. The van der Waals surface area contributed by atoms with Gasteiger partial charge in [0, 0.05) is 5.02 Å². The Morgan fingerprint density at radius 1 is 1.04 bits per heavy atom. The number of carbonyl (C=O) groups excluding carboxylic acids is 1. The van der Waals surface area contributed by atoms with E-state index in [9.17, 15) is 4.79 Å². The molecule has 23 heavy (non-hydrogen) atoms. The lowest BCUT2D eigenvalue weighted by Gasteiger charge is -2.17. The molecule has 0 aliphatic carbocycles. The molecule has 2 rings (SSSR count). The molecule has 0 bridgehead atoms. The third-order valence-electron chi connectivity index (χ3n) is 3.43. The first kappa shape index (κ1) is 17.4. The first-order valence-electron chi connectivity index (χ1n) is 6.94. The molecule has 6 heteroatoms. The van der Waals surface area contributed by atoms with Gasteiger partial charge in [-0.25, -0.2) is 0 Å². The maximum atomic E-state index is 12.3. The molecule has 0 fully saturated rings. The van der Waals surface area contributed by atoms with Crippen LogP contribution in [0.5, 0.6) is 11.5 Å². The van der Waals surface area contributed by atoms with Gasteiger partial charge in [-0.15, -0.1) is 0 Å². The fraction of sp³-hybridized carbons (Fsp3) is 0.235.